The lowest BCUT2D eigenvalue weighted by molar-refractivity contribution is 0.333. The van der Waals surface area contributed by atoms with Crippen LogP contribution in [-0.4, -0.2) is 61.2 Å². The predicted molar refractivity (Wildman–Crippen MR) is 163 cm³/mol. The molecule has 1 unspecified atom stereocenters. The highest BCUT2D eigenvalue weighted by molar-refractivity contribution is 6.32. The van der Waals surface area contributed by atoms with E-state index in [2.05, 4.69) is 26.0 Å². The van der Waals surface area contributed by atoms with E-state index in [1.165, 1.54) is 12.5 Å². The number of aromatic nitrogens is 6. The molecule has 0 saturated heterocycles. The molecular weight excluding hydrogens is 552 g/mol. The Balaban J connectivity index is 1.71. The van der Waals surface area contributed by atoms with E-state index in [1.807, 2.05) is 39.0 Å². The van der Waals surface area contributed by atoms with Crippen molar-refractivity contribution in [3.05, 3.63) is 76.6 Å². The molecule has 1 aromatic carbocycles. The van der Waals surface area contributed by atoms with Crippen LogP contribution in [0.1, 0.15) is 42.3 Å². The Kier molecular flexibility index (Phi) is 7.74. The van der Waals surface area contributed by atoms with Crippen LogP contribution in [0, 0.1) is 23.7 Å². The number of nitrogens with zero attached hydrogens (tertiary/aromatic N) is 8. The Hall–Kier alpha value is -5.08. The fourth-order valence-electron chi connectivity index (χ4n) is 4.84. The van der Waals surface area contributed by atoms with Crippen LogP contribution in [-0.2, 0) is 0 Å². The fraction of sp³-hybridized carbons (Fsp3) is 0.233. The molecule has 42 heavy (non-hydrogen) atoms. The van der Waals surface area contributed by atoms with E-state index in [4.69, 9.17) is 32.6 Å². The topological polar surface area (TPSA) is 156 Å². The van der Waals surface area contributed by atoms with Gasteiger partial charge in [0, 0.05) is 60.0 Å². The highest BCUT2D eigenvalue weighted by atomic mass is 35.5. The molecule has 5 rings (SSSR count). The Morgan fingerprint density at radius 1 is 1.17 bits per heavy atom. The third-order valence-corrected chi connectivity index (χ3v) is 7.40. The maximum Gasteiger partial charge on any atom is 0.164 e. The summed E-state index contributed by atoms with van der Waals surface area (Å²) in [6.45, 7) is 6.25. The number of nitriles is 1. The van der Waals surface area contributed by atoms with Gasteiger partial charge >= 0.3 is 0 Å². The minimum absolute atomic E-state index is 0.262. The van der Waals surface area contributed by atoms with Crippen LogP contribution in [0.25, 0.3) is 33.4 Å². The first-order valence-corrected chi connectivity index (χ1v) is 13.6. The van der Waals surface area contributed by atoms with Crippen LogP contribution in [0.2, 0.25) is 5.02 Å². The average molecular weight is 581 g/mol. The summed E-state index contributed by atoms with van der Waals surface area (Å²) in [5.41, 5.74) is 12.2. The molecule has 0 amide bonds. The van der Waals surface area contributed by atoms with Gasteiger partial charge in [0.15, 0.2) is 5.65 Å². The predicted octanol–water partition coefficient (Wildman–Crippen LogP) is 5.26. The normalized spacial score (nSPS) is 11.7. The maximum absolute atomic E-state index is 9.43. The average Bonchev–Trinajstić information content (AvgIpc) is 3.39. The number of benzene rings is 1. The van der Waals surface area contributed by atoms with Crippen molar-refractivity contribution in [3.8, 4) is 34.2 Å². The zero-order valence-electron chi connectivity index (χ0n) is 23.8. The molecule has 212 valence electrons. The number of nitrogens with two attached hydrogens (primary N) is 1. The summed E-state index contributed by atoms with van der Waals surface area (Å²) in [7, 11) is 3.61. The molecule has 0 aliphatic heterocycles. The number of anilines is 1. The van der Waals surface area contributed by atoms with Crippen molar-refractivity contribution in [2.24, 2.45) is 0 Å². The number of ether oxygens (including phenoxy) is 1. The Morgan fingerprint density at radius 2 is 1.95 bits per heavy atom. The van der Waals surface area contributed by atoms with Crippen LogP contribution in [0.15, 0.2) is 49.2 Å². The minimum atomic E-state index is -0.407. The van der Waals surface area contributed by atoms with Gasteiger partial charge in [0.25, 0.3) is 0 Å². The van der Waals surface area contributed by atoms with Crippen molar-refractivity contribution in [2.45, 2.75) is 26.8 Å². The summed E-state index contributed by atoms with van der Waals surface area (Å²) >= 11 is 6.84. The monoisotopic (exact) mass is 580 g/mol. The molecule has 11 nitrogen and oxygen atoms in total. The Morgan fingerprint density at radius 3 is 2.62 bits per heavy atom. The number of nitrogen functional groups attached to an aromatic ring is 1. The third-order valence-electron chi connectivity index (χ3n) is 7.01. The molecular formula is C30H29ClN10O. The summed E-state index contributed by atoms with van der Waals surface area (Å²) < 4.78 is 8.05. The van der Waals surface area contributed by atoms with Crippen LogP contribution in [0.5, 0.6) is 5.75 Å². The Labute approximate surface area is 248 Å². The summed E-state index contributed by atoms with van der Waals surface area (Å²) in [5.74, 6) is 1.21. The molecule has 0 spiro atoms. The molecule has 5 aromatic rings. The summed E-state index contributed by atoms with van der Waals surface area (Å²) in [6, 6.07) is 9.03. The van der Waals surface area contributed by atoms with Gasteiger partial charge in [-0.3, -0.25) is 15.4 Å². The van der Waals surface area contributed by atoms with Crippen LogP contribution in [0.4, 0.5) is 5.82 Å². The Bertz CT molecular complexity index is 1860. The van der Waals surface area contributed by atoms with Crippen molar-refractivity contribution in [3.63, 3.8) is 0 Å². The summed E-state index contributed by atoms with van der Waals surface area (Å²) in [6.07, 6.45) is 6.24. The standard InChI is InChI=1S/C30H29ClN10O/c1-6-42-27-21(10-22(31)16(2)24(27)19-7-8-23(36-14-19)29(34)40(4)5)17(3)41-30-25(28(33)37-15-38-30)26(39-41)20-9-18(11-32)12-35-13-20/h7-10,12-15,17,34H,6H2,1-5H3,(H2,33,37,38). The number of amidine groups is 1. The van der Waals surface area contributed by atoms with Gasteiger partial charge in [-0.15, -0.1) is 0 Å². The van der Waals surface area contributed by atoms with E-state index >= 15 is 0 Å². The van der Waals surface area contributed by atoms with Gasteiger partial charge in [-0.05, 0) is 44.5 Å². The second-order valence-electron chi connectivity index (χ2n) is 9.89. The zero-order chi connectivity index (χ0) is 30.1. The van der Waals surface area contributed by atoms with Gasteiger partial charge in [0.1, 0.15) is 41.2 Å². The van der Waals surface area contributed by atoms with E-state index in [0.717, 1.165) is 22.3 Å². The summed E-state index contributed by atoms with van der Waals surface area (Å²) in [4.78, 5) is 19.2. The lowest BCUT2D eigenvalue weighted by Gasteiger charge is -2.23. The molecule has 4 heterocycles. The van der Waals surface area contributed by atoms with Gasteiger partial charge < -0.3 is 15.4 Å². The first-order chi connectivity index (χ1) is 20.2. The minimum Gasteiger partial charge on any atom is -0.493 e. The lowest BCUT2D eigenvalue weighted by Crippen LogP contribution is -2.22. The van der Waals surface area contributed by atoms with E-state index in [0.29, 0.717) is 56.8 Å². The van der Waals surface area contributed by atoms with Crippen LogP contribution < -0.4 is 10.5 Å². The third kappa shape index (κ3) is 4.97. The van der Waals surface area contributed by atoms with Gasteiger partial charge in [-0.2, -0.15) is 10.4 Å². The molecule has 4 aromatic heterocycles. The summed E-state index contributed by atoms with van der Waals surface area (Å²) in [5, 5.41) is 23.7. The molecule has 12 heteroatoms. The number of hydrogen-bond acceptors (Lipinski definition) is 9. The molecule has 0 aliphatic carbocycles. The number of rotatable bonds is 7. The number of hydrogen-bond donors (Lipinski definition) is 2. The van der Waals surface area contributed by atoms with Crippen molar-refractivity contribution >= 4 is 34.3 Å². The second-order valence-corrected chi connectivity index (χ2v) is 10.3. The van der Waals surface area contributed by atoms with Crippen LogP contribution >= 0.6 is 11.6 Å². The molecule has 0 fully saturated rings. The lowest BCUT2D eigenvalue weighted by atomic mass is 9.94. The first kappa shape index (κ1) is 28.4. The molecule has 1 atom stereocenters. The largest absolute Gasteiger partial charge is 0.493 e. The van der Waals surface area contributed by atoms with Crippen molar-refractivity contribution in [2.75, 3.05) is 26.4 Å². The van der Waals surface area contributed by atoms with Crippen molar-refractivity contribution in [1.29, 1.82) is 10.7 Å². The molecule has 0 aliphatic rings. The number of nitrogens with one attached hydrogen (secondary N) is 1. The van der Waals surface area contributed by atoms with Crippen molar-refractivity contribution in [1.82, 2.24) is 34.6 Å². The SMILES string of the molecule is CCOc1c(C(C)n2nc(-c3cncc(C#N)c3)c3c(N)ncnc32)cc(Cl)c(C)c1-c1ccc(C(=N)N(C)C)nc1. The van der Waals surface area contributed by atoms with Gasteiger partial charge in [0.05, 0.1) is 23.6 Å². The van der Waals surface area contributed by atoms with E-state index in [9.17, 15) is 5.26 Å². The molecule has 0 bridgehead atoms. The molecule has 3 N–H and O–H groups in total. The second kappa shape index (κ2) is 11.4. The highest BCUT2D eigenvalue weighted by Crippen LogP contribution is 2.44. The molecule has 0 radical (unpaired) electrons. The first-order valence-electron chi connectivity index (χ1n) is 13.2. The van der Waals surface area contributed by atoms with E-state index in [1.54, 1.807) is 42.1 Å². The fourth-order valence-corrected chi connectivity index (χ4v) is 5.05. The van der Waals surface area contributed by atoms with Gasteiger partial charge in [0.2, 0.25) is 0 Å². The van der Waals surface area contributed by atoms with Gasteiger partial charge in [-0.1, -0.05) is 17.7 Å². The smallest absolute Gasteiger partial charge is 0.164 e. The van der Waals surface area contributed by atoms with E-state index in [-0.39, 0.29) is 5.82 Å². The van der Waals surface area contributed by atoms with Crippen molar-refractivity contribution < 1.29 is 4.74 Å². The van der Waals surface area contributed by atoms with E-state index < -0.39 is 6.04 Å². The maximum atomic E-state index is 9.43. The number of fused-ring (bicyclic) bond motifs is 1. The zero-order valence-corrected chi connectivity index (χ0v) is 24.6. The van der Waals surface area contributed by atoms with Gasteiger partial charge in [-0.25, -0.2) is 14.6 Å². The number of pyridine rings is 2. The molecule has 0 saturated carbocycles. The van der Waals surface area contributed by atoms with Crippen LogP contribution in [0.3, 0.4) is 0 Å². The number of halogens is 1. The quantitative estimate of drug-likeness (QED) is 0.193. The highest BCUT2D eigenvalue weighted by Gasteiger charge is 2.27.